The molecule has 66 valence electrons. The predicted octanol–water partition coefficient (Wildman–Crippen LogP) is 1.99. The average molecular weight is 165 g/mol. The summed E-state index contributed by atoms with van der Waals surface area (Å²) in [5, 5.41) is 19.0. The Morgan fingerprint density at radius 3 is 2.17 bits per heavy atom. The summed E-state index contributed by atoms with van der Waals surface area (Å²) in [5.41, 5.74) is -0.995. The molecule has 2 heteroatoms. The van der Waals surface area contributed by atoms with Crippen molar-refractivity contribution in [2.24, 2.45) is 5.41 Å². The van der Waals surface area contributed by atoms with Crippen LogP contribution < -0.4 is 0 Å². The van der Waals surface area contributed by atoms with Gasteiger partial charge in [0.25, 0.3) is 0 Å². The van der Waals surface area contributed by atoms with Gasteiger partial charge in [0.1, 0.15) is 0 Å². The van der Waals surface area contributed by atoms with Crippen LogP contribution in [-0.4, -0.2) is 10.7 Å². The summed E-state index contributed by atoms with van der Waals surface area (Å²) in [4.78, 5) is 0. The van der Waals surface area contributed by atoms with Crippen LogP contribution in [0.15, 0.2) is 0 Å². The fourth-order valence-corrected chi connectivity index (χ4v) is 3.04. The van der Waals surface area contributed by atoms with E-state index in [1.165, 1.54) is 12.8 Å². The Labute approximate surface area is 73.2 Å². The van der Waals surface area contributed by atoms with E-state index in [1.807, 2.05) is 0 Å². The van der Waals surface area contributed by atoms with E-state index in [0.717, 1.165) is 25.7 Å². The van der Waals surface area contributed by atoms with Crippen LogP contribution in [0.4, 0.5) is 0 Å². The van der Waals surface area contributed by atoms with E-state index in [0.29, 0.717) is 6.42 Å². The summed E-state index contributed by atoms with van der Waals surface area (Å²) in [6.07, 6.45) is 7.33. The lowest BCUT2D eigenvalue weighted by molar-refractivity contribution is -0.00869. The van der Waals surface area contributed by atoms with E-state index in [9.17, 15) is 5.11 Å². The quantitative estimate of drug-likeness (QED) is 0.558. The lowest BCUT2D eigenvalue weighted by Gasteiger charge is -2.33. The van der Waals surface area contributed by atoms with Gasteiger partial charge in [-0.1, -0.05) is 12.8 Å². The summed E-state index contributed by atoms with van der Waals surface area (Å²) in [6.45, 7) is 0. The molecule has 1 unspecified atom stereocenters. The van der Waals surface area contributed by atoms with Crippen molar-refractivity contribution >= 4 is 0 Å². The molecule has 1 atom stereocenters. The Morgan fingerprint density at radius 2 is 1.58 bits per heavy atom. The lowest BCUT2D eigenvalue weighted by atomic mass is 9.74. The fraction of sp³-hybridized carbons (Fsp3) is 0.900. The van der Waals surface area contributed by atoms with Crippen molar-refractivity contribution in [3.63, 3.8) is 0 Å². The van der Waals surface area contributed by atoms with Crippen molar-refractivity contribution in [2.75, 3.05) is 0 Å². The van der Waals surface area contributed by atoms with Crippen LogP contribution in [0.5, 0.6) is 0 Å². The van der Waals surface area contributed by atoms with Crippen LogP contribution in [0.3, 0.4) is 0 Å². The molecule has 2 saturated carbocycles. The van der Waals surface area contributed by atoms with E-state index in [-0.39, 0.29) is 5.41 Å². The lowest BCUT2D eigenvalue weighted by Crippen LogP contribution is -2.40. The molecular formula is C10H15NO. The van der Waals surface area contributed by atoms with Crippen molar-refractivity contribution in [1.29, 1.82) is 5.26 Å². The highest BCUT2D eigenvalue weighted by atomic mass is 16.3. The smallest absolute Gasteiger partial charge is 0.156 e. The van der Waals surface area contributed by atoms with E-state index < -0.39 is 5.60 Å². The first-order chi connectivity index (χ1) is 5.72. The molecule has 0 aliphatic heterocycles. The number of nitrogens with zero attached hydrogens (tertiary/aromatic N) is 1. The van der Waals surface area contributed by atoms with Gasteiger partial charge in [0.05, 0.1) is 6.07 Å². The zero-order valence-electron chi connectivity index (χ0n) is 7.34. The minimum Gasteiger partial charge on any atom is -0.375 e. The molecule has 1 N–H and O–H groups in total. The van der Waals surface area contributed by atoms with Gasteiger partial charge in [-0.3, -0.25) is 0 Å². The molecule has 0 saturated heterocycles. The third-order valence-corrected chi connectivity index (χ3v) is 3.82. The van der Waals surface area contributed by atoms with E-state index in [2.05, 4.69) is 6.07 Å². The minimum atomic E-state index is -0.983. The summed E-state index contributed by atoms with van der Waals surface area (Å²) in [6, 6.07) is 2.13. The summed E-state index contributed by atoms with van der Waals surface area (Å²) in [5.74, 6) is 0. The Balaban J connectivity index is 2.30. The standard InChI is InChI=1S/C10H15NO/c11-8-10(12)7-3-6-9(10)4-1-2-5-9/h12H,1-7H2. The second kappa shape index (κ2) is 2.47. The zero-order valence-corrected chi connectivity index (χ0v) is 7.34. The summed E-state index contributed by atoms with van der Waals surface area (Å²) in [7, 11) is 0. The van der Waals surface area contributed by atoms with Crippen LogP contribution in [0.25, 0.3) is 0 Å². The topological polar surface area (TPSA) is 44.0 Å². The van der Waals surface area contributed by atoms with Gasteiger partial charge in [0.15, 0.2) is 5.60 Å². The molecule has 0 amide bonds. The maximum absolute atomic E-state index is 10.1. The molecule has 12 heavy (non-hydrogen) atoms. The molecule has 0 aromatic rings. The third kappa shape index (κ3) is 0.834. The van der Waals surface area contributed by atoms with Crippen LogP contribution in [-0.2, 0) is 0 Å². The molecule has 2 aliphatic carbocycles. The number of aliphatic hydroxyl groups is 1. The first-order valence-electron chi connectivity index (χ1n) is 4.86. The average Bonchev–Trinajstić information content (AvgIpc) is 2.64. The van der Waals surface area contributed by atoms with Gasteiger partial charge in [0, 0.05) is 5.41 Å². The van der Waals surface area contributed by atoms with Gasteiger partial charge >= 0.3 is 0 Å². The largest absolute Gasteiger partial charge is 0.375 e. The molecule has 2 nitrogen and oxygen atoms in total. The second-order valence-electron chi connectivity index (χ2n) is 4.31. The second-order valence-corrected chi connectivity index (χ2v) is 4.31. The molecule has 2 rings (SSSR count). The molecule has 0 bridgehead atoms. The molecule has 2 fully saturated rings. The zero-order chi connectivity index (χ0) is 8.66. The Morgan fingerprint density at radius 1 is 1.00 bits per heavy atom. The highest BCUT2D eigenvalue weighted by Crippen LogP contribution is 2.56. The molecule has 0 radical (unpaired) electrons. The fourth-order valence-electron chi connectivity index (χ4n) is 3.04. The normalized spacial score (nSPS) is 38.7. The van der Waals surface area contributed by atoms with Gasteiger partial charge in [-0.15, -0.1) is 0 Å². The number of rotatable bonds is 0. The van der Waals surface area contributed by atoms with Crippen molar-refractivity contribution in [3.05, 3.63) is 0 Å². The Kier molecular flexibility index (Phi) is 1.66. The minimum absolute atomic E-state index is 0.0122. The molecule has 0 aromatic heterocycles. The summed E-state index contributed by atoms with van der Waals surface area (Å²) < 4.78 is 0. The van der Waals surface area contributed by atoms with Crippen molar-refractivity contribution in [3.8, 4) is 6.07 Å². The van der Waals surface area contributed by atoms with Crippen molar-refractivity contribution < 1.29 is 5.11 Å². The molecule has 0 heterocycles. The molecular weight excluding hydrogens is 150 g/mol. The van der Waals surface area contributed by atoms with Crippen molar-refractivity contribution in [2.45, 2.75) is 50.5 Å². The first-order valence-corrected chi connectivity index (χ1v) is 4.86. The van der Waals surface area contributed by atoms with Gasteiger partial charge in [-0.05, 0) is 32.1 Å². The Bertz CT molecular complexity index is 219. The van der Waals surface area contributed by atoms with Gasteiger partial charge < -0.3 is 5.11 Å². The van der Waals surface area contributed by atoms with Crippen LogP contribution in [0.2, 0.25) is 0 Å². The molecule has 1 spiro atoms. The van der Waals surface area contributed by atoms with E-state index >= 15 is 0 Å². The maximum Gasteiger partial charge on any atom is 0.156 e. The van der Waals surface area contributed by atoms with Gasteiger partial charge in [-0.25, -0.2) is 0 Å². The third-order valence-electron chi connectivity index (χ3n) is 3.82. The monoisotopic (exact) mass is 165 g/mol. The first kappa shape index (κ1) is 8.07. The highest BCUT2D eigenvalue weighted by Gasteiger charge is 2.55. The van der Waals surface area contributed by atoms with Crippen LogP contribution in [0.1, 0.15) is 44.9 Å². The Hall–Kier alpha value is -0.550. The van der Waals surface area contributed by atoms with Crippen LogP contribution >= 0.6 is 0 Å². The molecule has 0 aromatic carbocycles. The predicted molar refractivity (Wildman–Crippen MR) is 45.3 cm³/mol. The maximum atomic E-state index is 10.1. The van der Waals surface area contributed by atoms with E-state index in [4.69, 9.17) is 5.26 Å². The van der Waals surface area contributed by atoms with Crippen molar-refractivity contribution in [1.82, 2.24) is 0 Å². The molecule has 2 aliphatic rings. The SMILES string of the molecule is N#CC1(O)CCCC12CCCC2. The number of hydrogen-bond donors (Lipinski definition) is 1. The number of nitriles is 1. The van der Waals surface area contributed by atoms with E-state index in [1.54, 1.807) is 0 Å². The van der Waals surface area contributed by atoms with Gasteiger partial charge in [0.2, 0.25) is 0 Å². The highest BCUT2D eigenvalue weighted by molar-refractivity contribution is 5.16. The number of hydrogen-bond acceptors (Lipinski definition) is 2. The van der Waals surface area contributed by atoms with Crippen LogP contribution in [0, 0.1) is 16.7 Å². The van der Waals surface area contributed by atoms with Gasteiger partial charge in [-0.2, -0.15) is 5.26 Å². The summed E-state index contributed by atoms with van der Waals surface area (Å²) >= 11 is 0.